The maximum atomic E-state index is 14.1. The standard InChI is InChI=1S/C29H35N3O3/c1-35-20-14-12-19(13-15-20)28(33)31-25-9-5-3-7-22(25)29(34)32-17-16-23-26(18-10-11-18)30-24-8-4-2-6-21(24)27(23)32/h2,4,6,8,12-15,18,22-23,25-27,30H,3,5,7,9-11,16-17H2,1H3,(H,31,33)/t22-,23+,25+,26-,27-/m0/s1. The molecule has 0 radical (unpaired) electrons. The molecule has 1 saturated heterocycles. The molecule has 4 aliphatic rings. The van der Waals surface area contributed by atoms with Gasteiger partial charge in [0.05, 0.1) is 19.1 Å². The molecule has 2 N–H and O–H groups in total. The van der Waals surface area contributed by atoms with Gasteiger partial charge in [0.2, 0.25) is 5.91 Å². The minimum atomic E-state index is -0.161. The number of anilines is 1. The van der Waals surface area contributed by atoms with E-state index < -0.39 is 0 Å². The second-order valence-corrected chi connectivity index (χ2v) is 10.7. The van der Waals surface area contributed by atoms with Crippen LogP contribution in [0.15, 0.2) is 48.5 Å². The monoisotopic (exact) mass is 473 g/mol. The third kappa shape index (κ3) is 4.17. The van der Waals surface area contributed by atoms with Crippen molar-refractivity contribution in [3.63, 3.8) is 0 Å². The number of hydrogen-bond acceptors (Lipinski definition) is 4. The molecule has 6 heteroatoms. The molecular weight excluding hydrogens is 438 g/mol. The van der Waals surface area contributed by atoms with Crippen LogP contribution in [0.5, 0.6) is 5.75 Å². The number of likely N-dealkylation sites (tertiary alicyclic amines) is 1. The topological polar surface area (TPSA) is 70.7 Å². The Morgan fingerprint density at radius 2 is 1.74 bits per heavy atom. The lowest BCUT2D eigenvalue weighted by atomic mass is 9.79. The van der Waals surface area contributed by atoms with E-state index in [-0.39, 0.29) is 29.8 Å². The fraction of sp³-hybridized carbons (Fsp3) is 0.517. The van der Waals surface area contributed by atoms with E-state index in [2.05, 4.69) is 39.8 Å². The van der Waals surface area contributed by atoms with E-state index in [4.69, 9.17) is 4.74 Å². The summed E-state index contributed by atoms with van der Waals surface area (Å²) in [7, 11) is 1.61. The number of rotatable bonds is 5. The van der Waals surface area contributed by atoms with Gasteiger partial charge in [-0.25, -0.2) is 0 Å². The van der Waals surface area contributed by atoms with Crippen molar-refractivity contribution in [3.8, 4) is 5.75 Å². The van der Waals surface area contributed by atoms with Gasteiger partial charge in [0.15, 0.2) is 0 Å². The fourth-order valence-electron chi connectivity index (χ4n) is 6.74. The van der Waals surface area contributed by atoms with Crippen molar-refractivity contribution in [2.45, 2.75) is 63.1 Å². The molecular formula is C29H35N3O3. The first-order chi connectivity index (χ1) is 17.1. The maximum absolute atomic E-state index is 14.1. The lowest BCUT2D eigenvalue weighted by molar-refractivity contribution is -0.138. The molecule has 2 aliphatic carbocycles. The van der Waals surface area contributed by atoms with Crippen LogP contribution in [0, 0.1) is 17.8 Å². The first-order valence-electron chi connectivity index (χ1n) is 13.2. The molecule has 2 aromatic carbocycles. The van der Waals surface area contributed by atoms with Crippen molar-refractivity contribution >= 4 is 17.5 Å². The average molecular weight is 474 g/mol. The first-order valence-corrected chi connectivity index (χ1v) is 13.2. The molecule has 3 fully saturated rings. The highest BCUT2D eigenvalue weighted by Gasteiger charge is 2.51. The molecule has 6 rings (SSSR count). The SMILES string of the molecule is COc1ccc(C(=O)N[C@@H]2CCCC[C@@H]2C(=O)N2CC[C@@H]3[C@H](C4CC4)Nc4ccccc4[C@@H]32)cc1. The zero-order valence-electron chi connectivity index (χ0n) is 20.4. The van der Waals surface area contributed by atoms with Crippen molar-refractivity contribution in [1.29, 1.82) is 0 Å². The predicted molar refractivity (Wildman–Crippen MR) is 135 cm³/mol. The van der Waals surface area contributed by atoms with Crippen molar-refractivity contribution < 1.29 is 14.3 Å². The minimum absolute atomic E-state index is 0.113. The van der Waals surface area contributed by atoms with E-state index in [1.807, 2.05) is 0 Å². The quantitative estimate of drug-likeness (QED) is 0.656. The highest BCUT2D eigenvalue weighted by Crippen LogP contribution is 2.52. The number of ether oxygens (including phenoxy) is 1. The maximum Gasteiger partial charge on any atom is 0.251 e. The summed E-state index contributed by atoms with van der Waals surface area (Å²) in [6.45, 7) is 0.809. The van der Waals surface area contributed by atoms with Gasteiger partial charge in [0.25, 0.3) is 5.91 Å². The summed E-state index contributed by atoms with van der Waals surface area (Å²) in [5.74, 6) is 1.88. The van der Waals surface area contributed by atoms with Gasteiger partial charge in [-0.15, -0.1) is 0 Å². The number of carbonyl (C=O) groups excluding carboxylic acids is 2. The Labute approximate surface area is 207 Å². The van der Waals surface area contributed by atoms with Gasteiger partial charge in [-0.3, -0.25) is 9.59 Å². The molecule has 0 spiro atoms. The summed E-state index contributed by atoms with van der Waals surface area (Å²) in [5.41, 5.74) is 3.05. The van der Waals surface area contributed by atoms with E-state index >= 15 is 0 Å². The second kappa shape index (κ2) is 9.21. The van der Waals surface area contributed by atoms with Crippen LogP contribution in [0.2, 0.25) is 0 Å². The van der Waals surface area contributed by atoms with E-state index in [1.54, 1.807) is 31.4 Å². The van der Waals surface area contributed by atoms with E-state index in [0.29, 0.717) is 17.5 Å². The Morgan fingerprint density at radius 1 is 0.971 bits per heavy atom. The summed E-state index contributed by atoms with van der Waals surface area (Å²) in [5, 5.41) is 7.04. The third-order valence-corrected chi connectivity index (χ3v) is 8.67. The first kappa shape index (κ1) is 22.4. The van der Waals surface area contributed by atoms with Gasteiger partial charge in [-0.1, -0.05) is 31.0 Å². The molecule has 2 heterocycles. The lowest BCUT2D eigenvalue weighted by Crippen LogP contribution is -2.50. The van der Waals surface area contributed by atoms with Gasteiger partial charge in [-0.2, -0.15) is 0 Å². The van der Waals surface area contributed by atoms with Crippen molar-refractivity contribution in [1.82, 2.24) is 10.2 Å². The zero-order chi connectivity index (χ0) is 23.9. The molecule has 184 valence electrons. The molecule has 2 saturated carbocycles. The number of carbonyl (C=O) groups is 2. The van der Waals surface area contributed by atoms with Gasteiger partial charge in [0.1, 0.15) is 5.75 Å². The minimum Gasteiger partial charge on any atom is -0.497 e. The molecule has 35 heavy (non-hydrogen) atoms. The number of para-hydroxylation sites is 1. The number of methoxy groups -OCH3 is 1. The summed E-state index contributed by atoms with van der Waals surface area (Å²) in [6.07, 6.45) is 7.40. The van der Waals surface area contributed by atoms with E-state index in [0.717, 1.165) is 50.3 Å². The summed E-state index contributed by atoms with van der Waals surface area (Å²) in [4.78, 5) is 29.3. The second-order valence-electron chi connectivity index (χ2n) is 10.7. The predicted octanol–water partition coefficient (Wildman–Crippen LogP) is 4.78. The number of fused-ring (bicyclic) bond motifs is 3. The van der Waals surface area contributed by atoms with E-state index in [1.165, 1.54) is 24.1 Å². The van der Waals surface area contributed by atoms with Gasteiger partial charge >= 0.3 is 0 Å². The molecule has 6 nitrogen and oxygen atoms in total. The summed E-state index contributed by atoms with van der Waals surface area (Å²) < 4.78 is 5.21. The van der Waals surface area contributed by atoms with Crippen LogP contribution in [0.4, 0.5) is 5.69 Å². The molecule has 0 unspecified atom stereocenters. The number of benzene rings is 2. The molecule has 0 bridgehead atoms. The van der Waals surface area contributed by atoms with Crippen LogP contribution in [-0.4, -0.2) is 42.5 Å². The third-order valence-electron chi connectivity index (χ3n) is 8.67. The Hall–Kier alpha value is -3.02. The highest BCUT2D eigenvalue weighted by molar-refractivity contribution is 5.95. The fourth-order valence-corrected chi connectivity index (χ4v) is 6.74. The van der Waals surface area contributed by atoms with Crippen LogP contribution < -0.4 is 15.4 Å². The van der Waals surface area contributed by atoms with Gasteiger partial charge in [-0.05, 0) is 73.9 Å². The molecule has 2 aliphatic heterocycles. The van der Waals surface area contributed by atoms with Crippen molar-refractivity contribution in [3.05, 3.63) is 59.7 Å². The van der Waals surface area contributed by atoms with Crippen LogP contribution in [0.25, 0.3) is 0 Å². The normalized spacial score (nSPS) is 29.5. The highest BCUT2D eigenvalue weighted by atomic mass is 16.5. The van der Waals surface area contributed by atoms with Gasteiger partial charge in [0, 0.05) is 35.8 Å². The number of nitrogens with one attached hydrogen (secondary N) is 2. The van der Waals surface area contributed by atoms with Crippen LogP contribution in [0.1, 0.15) is 66.9 Å². The van der Waals surface area contributed by atoms with Crippen LogP contribution in [-0.2, 0) is 4.79 Å². The Kier molecular flexibility index (Phi) is 5.91. The van der Waals surface area contributed by atoms with Gasteiger partial charge < -0.3 is 20.3 Å². The largest absolute Gasteiger partial charge is 0.497 e. The summed E-state index contributed by atoms with van der Waals surface area (Å²) in [6, 6.07) is 16.2. The smallest absolute Gasteiger partial charge is 0.251 e. The van der Waals surface area contributed by atoms with Crippen molar-refractivity contribution in [2.75, 3.05) is 19.0 Å². The number of hydrogen-bond donors (Lipinski definition) is 2. The molecule has 2 amide bonds. The number of nitrogens with zero attached hydrogens (tertiary/aromatic N) is 1. The lowest BCUT2D eigenvalue weighted by Gasteiger charge is -2.42. The average Bonchev–Trinajstić information content (AvgIpc) is 3.65. The Bertz CT molecular complexity index is 1100. The zero-order valence-corrected chi connectivity index (χ0v) is 20.4. The van der Waals surface area contributed by atoms with E-state index in [9.17, 15) is 9.59 Å². The van der Waals surface area contributed by atoms with Crippen molar-refractivity contribution in [2.24, 2.45) is 17.8 Å². The number of amides is 2. The Morgan fingerprint density at radius 3 is 2.51 bits per heavy atom. The Balaban J connectivity index is 1.22. The molecule has 5 atom stereocenters. The van der Waals surface area contributed by atoms with Crippen LogP contribution in [0.3, 0.4) is 0 Å². The molecule has 0 aromatic heterocycles. The molecule has 2 aromatic rings. The summed E-state index contributed by atoms with van der Waals surface area (Å²) >= 11 is 0. The van der Waals surface area contributed by atoms with Crippen LogP contribution >= 0.6 is 0 Å².